The second-order valence-corrected chi connectivity index (χ2v) is 7.91. The van der Waals surface area contributed by atoms with E-state index < -0.39 is 0 Å². The predicted molar refractivity (Wildman–Crippen MR) is 103 cm³/mol. The Morgan fingerprint density at radius 3 is 2.96 bits per heavy atom. The highest BCUT2D eigenvalue weighted by Gasteiger charge is 2.29. The van der Waals surface area contributed by atoms with Crippen LogP contribution in [0.2, 0.25) is 0 Å². The van der Waals surface area contributed by atoms with E-state index in [0.29, 0.717) is 17.5 Å². The Balaban J connectivity index is 1.61. The first-order valence-corrected chi connectivity index (χ1v) is 9.93. The van der Waals surface area contributed by atoms with Crippen molar-refractivity contribution in [3.05, 3.63) is 22.6 Å². The molecule has 10 heteroatoms. The van der Waals surface area contributed by atoms with Crippen LogP contribution in [0.15, 0.2) is 6.33 Å². The second-order valence-electron chi connectivity index (χ2n) is 6.73. The van der Waals surface area contributed by atoms with Crippen molar-refractivity contribution in [3.8, 4) is 0 Å². The summed E-state index contributed by atoms with van der Waals surface area (Å²) < 4.78 is 1.79. The first kappa shape index (κ1) is 17.8. The number of fused-ring (bicyclic) bond motifs is 1. The number of carbonyl (C=O) groups is 1. The van der Waals surface area contributed by atoms with Crippen LogP contribution in [0.3, 0.4) is 0 Å². The molecule has 1 fully saturated rings. The molecule has 27 heavy (non-hydrogen) atoms. The maximum atomic E-state index is 12.7. The minimum Gasteiger partial charge on any atom is -0.355 e. The summed E-state index contributed by atoms with van der Waals surface area (Å²) in [5, 5.41) is 16.6. The van der Waals surface area contributed by atoms with Crippen molar-refractivity contribution in [3.63, 3.8) is 0 Å². The number of anilines is 2. The Bertz CT molecular complexity index is 981. The number of hydrogen-bond donors (Lipinski definition) is 1. The summed E-state index contributed by atoms with van der Waals surface area (Å²) in [4.78, 5) is 23.8. The molecule has 1 amide bonds. The van der Waals surface area contributed by atoms with E-state index in [4.69, 9.17) is 0 Å². The van der Waals surface area contributed by atoms with Gasteiger partial charge < -0.3 is 10.2 Å². The molecule has 3 aromatic heterocycles. The fourth-order valence-electron chi connectivity index (χ4n) is 3.65. The number of piperidine rings is 1. The second kappa shape index (κ2) is 7.18. The van der Waals surface area contributed by atoms with Gasteiger partial charge in [-0.15, -0.1) is 10.2 Å². The maximum absolute atomic E-state index is 12.7. The van der Waals surface area contributed by atoms with Crippen molar-refractivity contribution in [1.29, 1.82) is 0 Å². The number of hydrogen-bond acceptors (Lipinski definition) is 8. The summed E-state index contributed by atoms with van der Waals surface area (Å²) in [5.41, 5.74) is 2.11. The van der Waals surface area contributed by atoms with E-state index in [1.54, 1.807) is 4.52 Å². The van der Waals surface area contributed by atoms with Gasteiger partial charge in [0, 0.05) is 24.3 Å². The third-order valence-electron chi connectivity index (χ3n) is 4.91. The van der Waals surface area contributed by atoms with Crippen LogP contribution < -0.4 is 10.2 Å². The monoisotopic (exact) mass is 386 g/mol. The molecule has 1 N–H and O–H groups in total. The van der Waals surface area contributed by atoms with Crippen molar-refractivity contribution in [2.24, 2.45) is 5.92 Å². The molecule has 4 heterocycles. The van der Waals surface area contributed by atoms with E-state index in [0.717, 1.165) is 47.9 Å². The van der Waals surface area contributed by atoms with E-state index in [2.05, 4.69) is 42.4 Å². The lowest BCUT2D eigenvalue weighted by Gasteiger charge is -2.34. The van der Waals surface area contributed by atoms with Crippen LogP contribution in [-0.2, 0) is 11.2 Å². The van der Waals surface area contributed by atoms with Gasteiger partial charge in [0.25, 0.3) is 5.78 Å². The van der Waals surface area contributed by atoms with Crippen LogP contribution in [0, 0.1) is 19.8 Å². The molecule has 1 aliphatic rings. The molecule has 0 bridgehead atoms. The summed E-state index contributed by atoms with van der Waals surface area (Å²) >= 11 is 1.39. The van der Waals surface area contributed by atoms with Gasteiger partial charge >= 0.3 is 0 Å². The minimum atomic E-state index is -0.111. The van der Waals surface area contributed by atoms with Crippen LogP contribution in [0.4, 0.5) is 10.9 Å². The number of amides is 1. The summed E-state index contributed by atoms with van der Waals surface area (Å²) in [6.07, 6.45) is 4.16. The van der Waals surface area contributed by atoms with E-state index in [1.165, 1.54) is 17.7 Å². The molecule has 3 aromatic rings. The normalized spacial score (nSPS) is 17.4. The van der Waals surface area contributed by atoms with Crippen molar-refractivity contribution < 1.29 is 4.79 Å². The van der Waals surface area contributed by atoms with Gasteiger partial charge in [0.05, 0.1) is 5.92 Å². The van der Waals surface area contributed by atoms with Gasteiger partial charge in [0.1, 0.15) is 17.2 Å². The number of carbonyl (C=O) groups excluding carboxylic acids is 1. The SMILES string of the molecule is CCc1c(C)nc2ncnn2c1N1CCC[C@H](C(=O)Nc2nnc(C)s2)C1. The highest BCUT2D eigenvalue weighted by Crippen LogP contribution is 2.29. The lowest BCUT2D eigenvalue weighted by Crippen LogP contribution is -2.42. The van der Waals surface area contributed by atoms with E-state index in [1.807, 2.05) is 13.8 Å². The van der Waals surface area contributed by atoms with Crippen molar-refractivity contribution in [1.82, 2.24) is 29.8 Å². The summed E-state index contributed by atoms with van der Waals surface area (Å²) in [5.74, 6) is 1.48. The van der Waals surface area contributed by atoms with Crippen molar-refractivity contribution >= 4 is 34.0 Å². The molecule has 1 aliphatic heterocycles. The van der Waals surface area contributed by atoms with Crippen LogP contribution in [-0.4, -0.2) is 48.8 Å². The fourth-order valence-corrected chi connectivity index (χ4v) is 4.24. The third-order valence-corrected chi connectivity index (χ3v) is 5.66. The van der Waals surface area contributed by atoms with Crippen LogP contribution in [0.1, 0.15) is 36.0 Å². The van der Waals surface area contributed by atoms with Gasteiger partial charge in [-0.3, -0.25) is 4.79 Å². The zero-order valence-corrected chi connectivity index (χ0v) is 16.5. The molecular formula is C17H22N8OS. The molecule has 0 radical (unpaired) electrons. The van der Waals surface area contributed by atoms with Crippen LogP contribution >= 0.6 is 11.3 Å². The summed E-state index contributed by atoms with van der Waals surface area (Å²) in [6, 6.07) is 0. The Morgan fingerprint density at radius 2 is 2.22 bits per heavy atom. The van der Waals surface area contributed by atoms with Gasteiger partial charge in [-0.25, -0.2) is 4.98 Å². The molecular weight excluding hydrogens is 364 g/mol. The smallest absolute Gasteiger partial charge is 0.254 e. The standard InChI is InChI=1S/C17H22N8OS/c1-4-13-10(2)20-16-18-9-19-25(16)15(13)24-7-5-6-12(8-24)14(26)21-17-23-22-11(3)27-17/h9,12H,4-8H2,1-3H3,(H,21,23,26)/t12-/m0/s1. The fraction of sp³-hybridized carbons (Fsp3) is 0.529. The van der Waals surface area contributed by atoms with Crippen molar-refractivity contribution in [2.75, 3.05) is 23.3 Å². The molecule has 0 aromatic carbocycles. The summed E-state index contributed by atoms with van der Waals surface area (Å²) in [6.45, 7) is 7.50. The van der Waals surface area contributed by atoms with Crippen LogP contribution in [0.25, 0.3) is 5.78 Å². The zero-order chi connectivity index (χ0) is 19.0. The van der Waals surface area contributed by atoms with Gasteiger partial charge in [0.2, 0.25) is 11.0 Å². The molecule has 1 saturated heterocycles. The highest BCUT2D eigenvalue weighted by atomic mass is 32.1. The number of rotatable bonds is 4. The lowest BCUT2D eigenvalue weighted by molar-refractivity contribution is -0.120. The molecule has 0 saturated carbocycles. The van der Waals surface area contributed by atoms with Gasteiger partial charge in [-0.1, -0.05) is 18.3 Å². The highest BCUT2D eigenvalue weighted by molar-refractivity contribution is 7.15. The molecule has 142 valence electrons. The Hall–Kier alpha value is -2.62. The van der Waals surface area contributed by atoms with E-state index in [9.17, 15) is 4.79 Å². The molecule has 9 nitrogen and oxygen atoms in total. The molecule has 0 unspecified atom stereocenters. The Kier molecular flexibility index (Phi) is 4.73. The third kappa shape index (κ3) is 3.36. The number of nitrogens with one attached hydrogen (secondary N) is 1. The maximum Gasteiger partial charge on any atom is 0.254 e. The van der Waals surface area contributed by atoms with E-state index in [-0.39, 0.29) is 11.8 Å². The average molecular weight is 386 g/mol. The average Bonchev–Trinajstić information content (AvgIpc) is 3.29. The molecule has 0 spiro atoms. The van der Waals surface area contributed by atoms with Gasteiger partial charge in [-0.2, -0.15) is 14.6 Å². The molecule has 4 rings (SSSR count). The van der Waals surface area contributed by atoms with E-state index >= 15 is 0 Å². The van der Waals surface area contributed by atoms with Gasteiger partial charge in [-0.05, 0) is 33.1 Å². The largest absolute Gasteiger partial charge is 0.355 e. The first-order chi connectivity index (χ1) is 13.1. The summed E-state index contributed by atoms with van der Waals surface area (Å²) in [7, 11) is 0. The first-order valence-electron chi connectivity index (χ1n) is 9.12. The lowest BCUT2D eigenvalue weighted by atomic mass is 9.96. The van der Waals surface area contributed by atoms with Crippen molar-refractivity contribution in [2.45, 2.75) is 40.0 Å². The molecule has 1 atom stereocenters. The van der Waals surface area contributed by atoms with Crippen LogP contribution in [0.5, 0.6) is 0 Å². The number of nitrogens with zero attached hydrogens (tertiary/aromatic N) is 7. The van der Waals surface area contributed by atoms with Gasteiger partial charge in [0.15, 0.2) is 0 Å². The Labute approximate surface area is 160 Å². The number of aryl methyl sites for hydroxylation is 2. The minimum absolute atomic E-state index is 0.00508. The number of aromatic nitrogens is 6. The zero-order valence-electron chi connectivity index (χ0n) is 15.6. The molecule has 0 aliphatic carbocycles. The predicted octanol–water partition coefficient (Wildman–Crippen LogP) is 2.01. The topological polar surface area (TPSA) is 101 Å². The Morgan fingerprint density at radius 1 is 1.37 bits per heavy atom. The quantitative estimate of drug-likeness (QED) is 0.732.